The molecule has 0 saturated carbocycles. The number of ketones is 1. The monoisotopic (exact) mass is 269 g/mol. The maximum absolute atomic E-state index is 13.4. The van der Waals surface area contributed by atoms with Gasteiger partial charge in [0, 0.05) is 6.07 Å². The minimum Gasteiger partial charge on any atom is -0.362 e. The first-order chi connectivity index (χ1) is 8.99. The topological polar surface area (TPSA) is 63.7 Å². The van der Waals surface area contributed by atoms with Crippen LogP contribution in [0.1, 0.15) is 10.4 Å². The van der Waals surface area contributed by atoms with Crippen LogP contribution in [0, 0.1) is 11.6 Å². The molecular weight excluding hydrogens is 260 g/mol. The number of carbonyl (C=O) groups excluding carboxylic acids is 3. The smallest absolute Gasteiger partial charge is 0.255 e. The number of nitrogens with zero attached hydrogens (tertiary/aromatic N) is 1. The summed E-state index contributed by atoms with van der Waals surface area (Å²) in [6.45, 7) is -1.18. The second-order valence-corrected chi connectivity index (χ2v) is 3.91. The Hall–Kier alpha value is -2.15. The molecule has 1 aliphatic rings. The van der Waals surface area contributed by atoms with E-state index >= 15 is 0 Å². The average molecular weight is 269 g/mol. The van der Waals surface area contributed by atoms with E-state index in [1.807, 2.05) is 0 Å². The maximum atomic E-state index is 13.4. The highest BCUT2D eigenvalue weighted by Gasteiger charge is 2.29. The van der Waals surface area contributed by atoms with Crippen LogP contribution in [0.15, 0.2) is 18.2 Å². The Kier molecular flexibility index (Phi) is 3.66. The summed E-state index contributed by atoms with van der Waals surface area (Å²) in [6.07, 6.45) is 0. The van der Waals surface area contributed by atoms with E-state index in [2.05, 4.69) is 4.74 Å². The standard InChI is InChI=1S/C12H9F2NO4/c13-7-1-2-8(9(14)3-7)10(16)4-15-11(17)5-19-6-12(15)18/h1-3H,4-6H2. The lowest BCUT2D eigenvalue weighted by Gasteiger charge is -2.24. The highest BCUT2D eigenvalue weighted by molar-refractivity contribution is 6.05. The van der Waals surface area contributed by atoms with Crippen LogP contribution < -0.4 is 0 Å². The summed E-state index contributed by atoms with van der Waals surface area (Å²) in [5.41, 5.74) is -0.367. The number of amides is 2. The van der Waals surface area contributed by atoms with Crippen LogP contribution in [-0.2, 0) is 14.3 Å². The molecule has 1 saturated heterocycles. The van der Waals surface area contributed by atoms with Crippen LogP contribution in [0.25, 0.3) is 0 Å². The van der Waals surface area contributed by atoms with E-state index < -0.39 is 35.8 Å². The van der Waals surface area contributed by atoms with Gasteiger partial charge >= 0.3 is 0 Å². The molecule has 5 nitrogen and oxygen atoms in total. The van der Waals surface area contributed by atoms with Crippen molar-refractivity contribution in [2.24, 2.45) is 0 Å². The summed E-state index contributed by atoms with van der Waals surface area (Å²) >= 11 is 0. The molecular formula is C12H9F2NO4. The zero-order valence-corrected chi connectivity index (χ0v) is 9.69. The molecule has 1 aromatic rings. The third kappa shape index (κ3) is 2.82. The van der Waals surface area contributed by atoms with Crippen LogP contribution in [0.4, 0.5) is 8.78 Å². The fourth-order valence-corrected chi connectivity index (χ4v) is 1.64. The van der Waals surface area contributed by atoms with Crippen LogP contribution in [0.5, 0.6) is 0 Å². The summed E-state index contributed by atoms with van der Waals surface area (Å²) < 4.78 is 30.8. The molecule has 2 rings (SSSR count). The molecule has 100 valence electrons. The fourth-order valence-electron chi connectivity index (χ4n) is 1.64. The summed E-state index contributed by atoms with van der Waals surface area (Å²) in [6, 6.07) is 2.47. The molecule has 0 atom stereocenters. The number of hydrogen-bond acceptors (Lipinski definition) is 4. The number of halogens is 2. The van der Waals surface area contributed by atoms with Gasteiger partial charge in [-0.05, 0) is 12.1 Å². The first-order valence-corrected chi connectivity index (χ1v) is 5.38. The van der Waals surface area contributed by atoms with E-state index in [1.165, 1.54) is 0 Å². The molecule has 1 fully saturated rings. The van der Waals surface area contributed by atoms with E-state index in [1.54, 1.807) is 0 Å². The molecule has 2 amide bonds. The van der Waals surface area contributed by atoms with Crippen molar-refractivity contribution in [1.82, 2.24) is 4.90 Å². The number of morpholine rings is 1. The van der Waals surface area contributed by atoms with Crippen LogP contribution in [0.3, 0.4) is 0 Å². The summed E-state index contributed by atoms with van der Waals surface area (Å²) in [5, 5.41) is 0. The predicted octanol–water partition coefficient (Wildman–Crippen LogP) is 0.533. The summed E-state index contributed by atoms with van der Waals surface area (Å²) in [7, 11) is 0. The fraction of sp³-hybridized carbons (Fsp3) is 0.250. The summed E-state index contributed by atoms with van der Waals surface area (Å²) in [5.74, 6) is -3.94. The van der Waals surface area contributed by atoms with Gasteiger partial charge in [0.2, 0.25) is 0 Å². The highest BCUT2D eigenvalue weighted by atomic mass is 19.1. The SMILES string of the molecule is O=C(CN1C(=O)COCC1=O)c1ccc(F)cc1F. The lowest BCUT2D eigenvalue weighted by molar-refractivity contribution is -0.157. The molecule has 0 N–H and O–H groups in total. The molecule has 1 aromatic carbocycles. The van der Waals surface area contributed by atoms with E-state index in [0.717, 1.165) is 12.1 Å². The Balaban J connectivity index is 2.16. The van der Waals surface area contributed by atoms with Crippen molar-refractivity contribution in [3.05, 3.63) is 35.4 Å². The van der Waals surface area contributed by atoms with Gasteiger partial charge in [-0.3, -0.25) is 19.3 Å². The van der Waals surface area contributed by atoms with Gasteiger partial charge in [0.05, 0.1) is 12.1 Å². The van der Waals surface area contributed by atoms with Gasteiger partial charge in [-0.1, -0.05) is 0 Å². The number of hydrogen-bond donors (Lipinski definition) is 0. The number of rotatable bonds is 3. The number of ether oxygens (including phenoxy) is 1. The zero-order valence-electron chi connectivity index (χ0n) is 9.69. The molecule has 0 aromatic heterocycles. The quantitative estimate of drug-likeness (QED) is 0.593. The second-order valence-electron chi connectivity index (χ2n) is 3.91. The number of imide groups is 1. The highest BCUT2D eigenvalue weighted by Crippen LogP contribution is 2.12. The molecule has 0 radical (unpaired) electrons. The molecule has 0 spiro atoms. The summed E-state index contributed by atoms with van der Waals surface area (Å²) in [4.78, 5) is 35.3. The van der Waals surface area contributed by atoms with Gasteiger partial charge in [-0.15, -0.1) is 0 Å². The van der Waals surface area contributed by atoms with Gasteiger partial charge in [-0.2, -0.15) is 0 Å². The molecule has 0 aliphatic carbocycles. The van der Waals surface area contributed by atoms with E-state index in [-0.39, 0.29) is 18.8 Å². The molecule has 7 heteroatoms. The van der Waals surface area contributed by atoms with Gasteiger partial charge in [0.15, 0.2) is 5.78 Å². The van der Waals surface area contributed by atoms with E-state index in [9.17, 15) is 23.2 Å². The van der Waals surface area contributed by atoms with Crippen LogP contribution in [0.2, 0.25) is 0 Å². The molecule has 19 heavy (non-hydrogen) atoms. The molecule has 1 aliphatic heterocycles. The van der Waals surface area contributed by atoms with Crippen molar-refractivity contribution in [1.29, 1.82) is 0 Å². The molecule has 0 bridgehead atoms. The Bertz CT molecular complexity index is 543. The minimum atomic E-state index is -1.03. The lowest BCUT2D eigenvalue weighted by atomic mass is 10.1. The van der Waals surface area contributed by atoms with Crippen molar-refractivity contribution < 1.29 is 27.9 Å². The van der Waals surface area contributed by atoms with Gasteiger partial charge < -0.3 is 4.74 Å². The first-order valence-electron chi connectivity index (χ1n) is 5.38. The predicted molar refractivity (Wildman–Crippen MR) is 58.2 cm³/mol. The normalized spacial score (nSPS) is 15.8. The van der Waals surface area contributed by atoms with Gasteiger partial charge in [0.25, 0.3) is 11.8 Å². The first kappa shape index (κ1) is 13.3. The largest absolute Gasteiger partial charge is 0.362 e. The number of Topliss-reactive ketones (excluding diaryl/α,β-unsaturated/α-hetero) is 1. The average Bonchev–Trinajstić information content (AvgIpc) is 2.33. The van der Waals surface area contributed by atoms with Crippen LogP contribution in [-0.4, -0.2) is 42.3 Å². The third-order valence-electron chi connectivity index (χ3n) is 2.59. The lowest BCUT2D eigenvalue weighted by Crippen LogP contribution is -2.48. The molecule has 1 heterocycles. The van der Waals surface area contributed by atoms with Gasteiger partial charge in [-0.25, -0.2) is 8.78 Å². The number of carbonyl (C=O) groups is 3. The van der Waals surface area contributed by atoms with Crippen LogP contribution >= 0.6 is 0 Å². The Morgan fingerprint density at radius 3 is 2.42 bits per heavy atom. The molecule has 0 unspecified atom stereocenters. The van der Waals surface area contributed by atoms with Crippen molar-refractivity contribution in [3.63, 3.8) is 0 Å². The number of benzene rings is 1. The zero-order chi connectivity index (χ0) is 14.0. The van der Waals surface area contributed by atoms with E-state index in [0.29, 0.717) is 11.0 Å². The second kappa shape index (κ2) is 5.23. The Morgan fingerprint density at radius 1 is 1.21 bits per heavy atom. The third-order valence-corrected chi connectivity index (χ3v) is 2.59. The van der Waals surface area contributed by atoms with Gasteiger partial charge in [0.1, 0.15) is 24.8 Å². The van der Waals surface area contributed by atoms with Crippen molar-refractivity contribution in [3.8, 4) is 0 Å². The Labute approximate surface area is 106 Å². The Morgan fingerprint density at radius 2 is 1.84 bits per heavy atom. The van der Waals surface area contributed by atoms with E-state index in [4.69, 9.17) is 0 Å². The maximum Gasteiger partial charge on any atom is 0.255 e. The van der Waals surface area contributed by atoms with Crippen molar-refractivity contribution in [2.45, 2.75) is 0 Å². The minimum absolute atomic E-state index is 0.301. The van der Waals surface area contributed by atoms with Crippen molar-refractivity contribution in [2.75, 3.05) is 19.8 Å². The van der Waals surface area contributed by atoms with Crippen molar-refractivity contribution >= 4 is 17.6 Å².